The molecule has 1 aliphatic heterocycles. The maximum atomic E-state index is 11.9. The van der Waals surface area contributed by atoms with Gasteiger partial charge >= 0.3 is 0 Å². The van der Waals surface area contributed by atoms with Gasteiger partial charge in [0.2, 0.25) is 11.8 Å². The van der Waals surface area contributed by atoms with Crippen molar-refractivity contribution in [2.24, 2.45) is 0 Å². The van der Waals surface area contributed by atoms with Crippen molar-refractivity contribution in [1.29, 1.82) is 0 Å². The molecule has 1 N–H and O–H groups in total. The molecule has 2 rings (SSSR count). The Labute approximate surface area is 129 Å². The third-order valence-electron chi connectivity index (χ3n) is 3.52. The molecule has 1 fully saturated rings. The molecule has 1 aromatic rings. The average molecular weight is 304 g/mol. The van der Waals surface area contributed by atoms with E-state index >= 15 is 0 Å². The number of carbonyl (C=O) groups is 3. The number of rotatable bonds is 7. The highest BCUT2D eigenvalue weighted by Gasteiger charge is 2.28. The van der Waals surface area contributed by atoms with E-state index in [2.05, 4.69) is 5.32 Å². The summed E-state index contributed by atoms with van der Waals surface area (Å²) >= 11 is 0. The standard InChI is InChI=1S/C16H20N2O4/c1-22-10-2-9-17-16(21)13-5-3-12(4-6-13)11-18-14(19)7-8-15(18)20/h3-6H,2,7-11H2,1H3,(H,17,21). The molecule has 6 nitrogen and oxygen atoms in total. The van der Waals surface area contributed by atoms with Crippen molar-refractivity contribution in [2.75, 3.05) is 20.3 Å². The quantitative estimate of drug-likeness (QED) is 0.604. The van der Waals surface area contributed by atoms with E-state index in [1.54, 1.807) is 31.4 Å². The van der Waals surface area contributed by atoms with Crippen LogP contribution in [0.15, 0.2) is 24.3 Å². The zero-order chi connectivity index (χ0) is 15.9. The maximum absolute atomic E-state index is 11.9. The van der Waals surface area contributed by atoms with Gasteiger partial charge < -0.3 is 10.1 Å². The van der Waals surface area contributed by atoms with Crippen LogP contribution in [0.1, 0.15) is 35.2 Å². The number of amides is 3. The summed E-state index contributed by atoms with van der Waals surface area (Å²) in [5.41, 5.74) is 1.39. The van der Waals surface area contributed by atoms with E-state index in [1.807, 2.05) is 0 Å². The van der Waals surface area contributed by atoms with Gasteiger partial charge in [-0.25, -0.2) is 0 Å². The van der Waals surface area contributed by atoms with Crippen LogP contribution in [-0.4, -0.2) is 42.9 Å². The Hall–Kier alpha value is -2.21. The van der Waals surface area contributed by atoms with E-state index in [0.717, 1.165) is 12.0 Å². The highest BCUT2D eigenvalue weighted by atomic mass is 16.5. The lowest BCUT2D eigenvalue weighted by atomic mass is 10.1. The second-order valence-electron chi connectivity index (χ2n) is 5.17. The second kappa shape index (κ2) is 7.70. The molecule has 1 saturated heterocycles. The summed E-state index contributed by atoms with van der Waals surface area (Å²) in [4.78, 5) is 36.3. The number of hydrogen-bond acceptors (Lipinski definition) is 4. The average Bonchev–Trinajstić information content (AvgIpc) is 2.84. The number of likely N-dealkylation sites (tertiary alicyclic amines) is 1. The molecular formula is C16H20N2O4. The van der Waals surface area contributed by atoms with Gasteiger partial charge in [0.25, 0.3) is 5.91 Å². The number of hydrogen-bond donors (Lipinski definition) is 1. The van der Waals surface area contributed by atoms with Crippen LogP contribution in [0, 0.1) is 0 Å². The molecule has 0 bridgehead atoms. The Balaban J connectivity index is 1.88. The van der Waals surface area contributed by atoms with Gasteiger partial charge in [-0.2, -0.15) is 0 Å². The molecule has 0 radical (unpaired) electrons. The van der Waals surface area contributed by atoms with E-state index in [1.165, 1.54) is 4.90 Å². The molecular weight excluding hydrogens is 284 g/mol. The van der Waals surface area contributed by atoms with Gasteiger partial charge in [0.05, 0.1) is 6.54 Å². The third-order valence-corrected chi connectivity index (χ3v) is 3.52. The highest BCUT2D eigenvalue weighted by molar-refractivity contribution is 6.01. The summed E-state index contributed by atoms with van der Waals surface area (Å²) in [5, 5.41) is 2.80. The summed E-state index contributed by atoms with van der Waals surface area (Å²) < 4.78 is 4.91. The Kier molecular flexibility index (Phi) is 5.66. The van der Waals surface area contributed by atoms with E-state index in [4.69, 9.17) is 4.74 Å². The fourth-order valence-corrected chi connectivity index (χ4v) is 2.26. The zero-order valence-electron chi connectivity index (χ0n) is 12.6. The van der Waals surface area contributed by atoms with Gasteiger partial charge in [-0.05, 0) is 24.1 Å². The number of benzene rings is 1. The number of ether oxygens (including phenoxy) is 1. The molecule has 0 saturated carbocycles. The zero-order valence-corrected chi connectivity index (χ0v) is 12.6. The minimum absolute atomic E-state index is 0.134. The maximum Gasteiger partial charge on any atom is 0.251 e. The molecule has 0 atom stereocenters. The van der Waals surface area contributed by atoms with E-state index in [0.29, 0.717) is 31.6 Å². The molecule has 0 aliphatic carbocycles. The Morgan fingerprint density at radius 1 is 1.18 bits per heavy atom. The fourth-order valence-electron chi connectivity index (χ4n) is 2.26. The lowest BCUT2D eigenvalue weighted by Gasteiger charge is -2.14. The smallest absolute Gasteiger partial charge is 0.251 e. The first-order chi connectivity index (χ1) is 10.6. The first-order valence-electron chi connectivity index (χ1n) is 7.31. The molecule has 0 aromatic heterocycles. The van der Waals surface area contributed by atoms with Gasteiger partial charge in [0.1, 0.15) is 0 Å². The van der Waals surface area contributed by atoms with Crippen LogP contribution in [0.3, 0.4) is 0 Å². The number of imide groups is 1. The third kappa shape index (κ3) is 4.14. The van der Waals surface area contributed by atoms with Crippen LogP contribution in [0.25, 0.3) is 0 Å². The predicted molar refractivity (Wildman–Crippen MR) is 80.1 cm³/mol. The van der Waals surface area contributed by atoms with Crippen molar-refractivity contribution in [1.82, 2.24) is 10.2 Å². The van der Waals surface area contributed by atoms with Gasteiger partial charge in [-0.3, -0.25) is 19.3 Å². The van der Waals surface area contributed by atoms with Crippen LogP contribution in [0.2, 0.25) is 0 Å². The van der Waals surface area contributed by atoms with Crippen molar-refractivity contribution in [3.8, 4) is 0 Å². The van der Waals surface area contributed by atoms with Gasteiger partial charge in [-0.15, -0.1) is 0 Å². The van der Waals surface area contributed by atoms with Crippen LogP contribution in [0.5, 0.6) is 0 Å². The molecule has 1 heterocycles. The monoisotopic (exact) mass is 304 g/mol. The van der Waals surface area contributed by atoms with Crippen molar-refractivity contribution in [2.45, 2.75) is 25.8 Å². The van der Waals surface area contributed by atoms with E-state index in [9.17, 15) is 14.4 Å². The number of carbonyl (C=O) groups excluding carboxylic acids is 3. The minimum atomic E-state index is -0.143. The SMILES string of the molecule is COCCCNC(=O)c1ccc(CN2C(=O)CCC2=O)cc1. The second-order valence-corrected chi connectivity index (χ2v) is 5.17. The fraction of sp³-hybridized carbons (Fsp3) is 0.438. The molecule has 0 unspecified atom stereocenters. The summed E-state index contributed by atoms with van der Waals surface area (Å²) in [6.07, 6.45) is 1.35. The van der Waals surface area contributed by atoms with Crippen LogP contribution < -0.4 is 5.32 Å². The Morgan fingerprint density at radius 3 is 2.41 bits per heavy atom. The lowest BCUT2D eigenvalue weighted by molar-refractivity contribution is -0.139. The van der Waals surface area contributed by atoms with Crippen molar-refractivity contribution < 1.29 is 19.1 Å². The molecule has 6 heteroatoms. The van der Waals surface area contributed by atoms with Gasteiger partial charge in [0.15, 0.2) is 0 Å². The summed E-state index contributed by atoms with van der Waals surface area (Å²) in [6.45, 7) is 1.44. The molecule has 0 spiro atoms. The van der Waals surface area contributed by atoms with E-state index < -0.39 is 0 Å². The predicted octanol–water partition coefficient (Wildman–Crippen LogP) is 1.10. The summed E-state index contributed by atoms with van der Waals surface area (Å²) in [6, 6.07) is 6.93. The number of nitrogens with one attached hydrogen (secondary N) is 1. The molecule has 1 aromatic carbocycles. The number of methoxy groups -OCH3 is 1. The van der Waals surface area contributed by atoms with Crippen LogP contribution >= 0.6 is 0 Å². The molecule has 1 aliphatic rings. The Bertz CT molecular complexity index is 538. The minimum Gasteiger partial charge on any atom is -0.385 e. The van der Waals surface area contributed by atoms with Crippen molar-refractivity contribution >= 4 is 17.7 Å². The van der Waals surface area contributed by atoms with Gasteiger partial charge in [-0.1, -0.05) is 12.1 Å². The number of nitrogens with zero attached hydrogens (tertiary/aromatic N) is 1. The normalized spacial score (nSPS) is 14.5. The summed E-state index contributed by atoms with van der Waals surface area (Å²) in [7, 11) is 1.62. The molecule has 22 heavy (non-hydrogen) atoms. The molecule has 3 amide bonds. The first kappa shape index (κ1) is 16.2. The van der Waals surface area contributed by atoms with Crippen LogP contribution in [0.4, 0.5) is 0 Å². The van der Waals surface area contributed by atoms with Crippen molar-refractivity contribution in [3.05, 3.63) is 35.4 Å². The first-order valence-corrected chi connectivity index (χ1v) is 7.31. The largest absolute Gasteiger partial charge is 0.385 e. The Morgan fingerprint density at radius 2 is 1.82 bits per heavy atom. The molecule has 118 valence electrons. The van der Waals surface area contributed by atoms with Gasteiger partial charge in [0, 0.05) is 38.7 Å². The van der Waals surface area contributed by atoms with Crippen LogP contribution in [-0.2, 0) is 20.9 Å². The lowest BCUT2D eigenvalue weighted by Crippen LogP contribution is -2.28. The van der Waals surface area contributed by atoms with E-state index in [-0.39, 0.29) is 24.3 Å². The topological polar surface area (TPSA) is 75.7 Å². The highest BCUT2D eigenvalue weighted by Crippen LogP contribution is 2.16. The summed E-state index contributed by atoms with van der Waals surface area (Å²) in [5.74, 6) is -0.411. The van der Waals surface area contributed by atoms with Crippen molar-refractivity contribution in [3.63, 3.8) is 0 Å².